The van der Waals surface area contributed by atoms with E-state index in [1.54, 1.807) is 6.92 Å². The number of carboxylic acids is 1. The minimum atomic E-state index is -0.955. The minimum absolute atomic E-state index is 0.273. The van der Waals surface area contributed by atoms with Crippen molar-refractivity contribution in [2.75, 3.05) is 6.61 Å². The number of hydrogen-bond acceptors (Lipinski definition) is 2. The third kappa shape index (κ3) is 4.16. The van der Waals surface area contributed by atoms with E-state index in [-0.39, 0.29) is 6.61 Å². The lowest BCUT2D eigenvalue weighted by Gasteiger charge is -2.07. The van der Waals surface area contributed by atoms with Crippen LogP contribution < -0.4 is 4.74 Å². The molecule has 1 rings (SSSR count). The number of halogens is 1. The topological polar surface area (TPSA) is 46.5 Å². The van der Waals surface area contributed by atoms with Gasteiger partial charge in [0.25, 0.3) is 0 Å². The van der Waals surface area contributed by atoms with E-state index in [0.29, 0.717) is 11.3 Å². The molecule has 1 N–H and O–H groups in total. The van der Waals surface area contributed by atoms with Gasteiger partial charge in [0.15, 0.2) is 0 Å². The molecular weight excluding hydrogens is 260 g/mol. The zero-order valence-corrected chi connectivity index (χ0v) is 9.82. The van der Waals surface area contributed by atoms with Crippen molar-refractivity contribution < 1.29 is 14.6 Å². The Morgan fingerprint density at radius 2 is 2.20 bits per heavy atom. The normalized spacial score (nSPS) is 11.2. The Labute approximate surface area is 96.5 Å². The van der Waals surface area contributed by atoms with E-state index in [4.69, 9.17) is 9.84 Å². The average molecular weight is 271 g/mol. The summed E-state index contributed by atoms with van der Waals surface area (Å²) in [5, 5.41) is 8.49. The van der Waals surface area contributed by atoms with Crippen LogP contribution in [0.2, 0.25) is 0 Å². The number of carboxylic acid groups (broad SMARTS) is 1. The molecule has 0 aliphatic rings. The highest BCUT2D eigenvalue weighted by molar-refractivity contribution is 9.10. The summed E-state index contributed by atoms with van der Waals surface area (Å²) in [5.74, 6) is -0.251. The second-order valence-electron chi connectivity index (χ2n) is 3.05. The minimum Gasteiger partial charge on any atom is -0.488 e. The summed E-state index contributed by atoms with van der Waals surface area (Å²) >= 11 is 3.34. The van der Waals surface area contributed by atoms with Gasteiger partial charge in [0, 0.05) is 6.08 Å². The number of ether oxygens (including phenoxy) is 1. The summed E-state index contributed by atoms with van der Waals surface area (Å²) in [5.41, 5.74) is 0.665. The number of hydrogen-bond donors (Lipinski definition) is 1. The van der Waals surface area contributed by atoms with E-state index in [0.717, 1.165) is 10.5 Å². The molecule has 0 atom stereocenters. The standard InChI is InChI=1S/C11H11BrO3/c1-8(6-11(13)14)7-15-10-5-3-2-4-9(10)12/h2-6H,7H2,1H3,(H,13,14). The van der Waals surface area contributed by atoms with Gasteiger partial charge in [-0.3, -0.25) is 0 Å². The second-order valence-corrected chi connectivity index (χ2v) is 3.90. The second kappa shape index (κ2) is 5.56. The first-order valence-corrected chi connectivity index (χ1v) is 5.16. The molecule has 0 saturated heterocycles. The number of aliphatic carboxylic acids is 1. The molecule has 15 heavy (non-hydrogen) atoms. The highest BCUT2D eigenvalue weighted by Gasteiger charge is 2.00. The number of para-hydroxylation sites is 1. The summed E-state index contributed by atoms with van der Waals surface area (Å²) in [6.07, 6.45) is 1.14. The lowest BCUT2D eigenvalue weighted by Crippen LogP contribution is -2.01. The third-order valence-electron chi connectivity index (χ3n) is 1.66. The smallest absolute Gasteiger partial charge is 0.328 e. The van der Waals surface area contributed by atoms with E-state index >= 15 is 0 Å². The van der Waals surface area contributed by atoms with Crippen molar-refractivity contribution in [1.82, 2.24) is 0 Å². The first-order valence-electron chi connectivity index (χ1n) is 4.37. The largest absolute Gasteiger partial charge is 0.488 e. The quantitative estimate of drug-likeness (QED) is 0.856. The number of benzene rings is 1. The molecule has 4 heteroatoms. The molecule has 0 radical (unpaired) electrons. The van der Waals surface area contributed by atoms with Crippen molar-refractivity contribution in [3.8, 4) is 5.75 Å². The van der Waals surface area contributed by atoms with Crippen molar-refractivity contribution in [3.05, 3.63) is 40.4 Å². The average Bonchev–Trinajstić information content (AvgIpc) is 2.15. The molecular formula is C11H11BrO3. The molecule has 0 aliphatic heterocycles. The molecule has 1 aromatic rings. The molecule has 0 fully saturated rings. The van der Waals surface area contributed by atoms with Crippen molar-refractivity contribution in [2.24, 2.45) is 0 Å². The maximum atomic E-state index is 10.3. The summed E-state index contributed by atoms with van der Waals surface area (Å²) in [7, 11) is 0. The monoisotopic (exact) mass is 270 g/mol. The van der Waals surface area contributed by atoms with Crippen molar-refractivity contribution in [3.63, 3.8) is 0 Å². The van der Waals surface area contributed by atoms with Crippen molar-refractivity contribution in [1.29, 1.82) is 0 Å². The molecule has 0 bridgehead atoms. The maximum Gasteiger partial charge on any atom is 0.328 e. The van der Waals surface area contributed by atoms with Crippen LogP contribution in [0.1, 0.15) is 6.92 Å². The maximum absolute atomic E-state index is 10.3. The Morgan fingerprint density at radius 3 is 2.80 bits per heavy atom. The first-order chi connectivity index (χ1) is 7.09. The number of rotatable bonds is 4. The van der Waals surface area contributed by atoms with Gasteiger partial charge in [-0.25, -0.2) is 4.79 Å². The number of carbonyl (C=O) groups is 1. The van der Waals surface area contributed by atoms with E-state index in [2.05, 4.69) is 15.9 Å². The van der Waals surface area contributed by atoms with Crippen LogP contribution in [0.15, 0.2) is 40.4 Å². The molecule has 80 valence electrons. The molecule has 0 unspecified atom stereocenters. The van der Waals surface area contributed by atoms with Gasteiger partial charge in [-0.15, -0.1) is 0 Å². The Bertz CT molecular complexity index is 385. The summed E-state index contributed by atoms with van der Waals surface area (Å²) in [6.45, 7) is 1.99. The van der Waals surface area contributed by atoms with E-state index < -0.39 is 5.97 Å². The fourth-order valence-corrected chi connectivity index (χ4v) is 1.41. The Kier molecular flexibility index (Phi) is 4.37. The lowest BCUT2D eigenvalue weighted by atomic mass is 10.3. The predicted molar refractivity (Wildman–Crippen MR) is 61.0 cm³/mol. The molecule has 0 aromatic heterocycles. The van der Waals surface area contributed by atoms with Crippen LogP contribution in [0, 0.1) is 0 Å². The molecule has 0 spiro atoms. The van der Waals surface area contributed by atoms with Crippen LogP contribution in [-0.2, 0) is 4.79 Å². The van der Waals surface area contributed by atoms with Crippen LogP contribution in [0.3, 0.4) is 0 Å². The van der Waals surface area contributed by atoms with Crippen LogP contribution in [0.4, 0.5) is 0 Å². The van der Waals surface area contributed by atoms with Gasteiger partial charge in [0.1, 0.15) is 12.4 Å². The summed E-state index contributed by atoms with van der Waals surface area (Å²) in [4.78, 5) is 10.3. The zero-order chi connectivity index (χ0) is 11.3. The van der Waals surface area contributed by atoms with Crippen molar-refractivity contribution >= 4 is 21.9 Å². The van der Waals surface area contributed by atoms with Crippen LogP contribution in [0.25, 0.3) is 0 Å². The molecule has 0 amide bonds. The Morgan fingerprint density at radius 1 is 1.53 bits per heavy atom. The summed E-state index contributed by atoms with van der Waals surface area (Å²) < 4.78 is 6.28. The SMILES string of the molecule is CC(=CC(=O)O)COc1ccccc1Br. The first kappa shape index (κ1) is 11.8. The van der Waals surface area contributed by atoms with Gasteiger partial charge in [-0.2, -0.15) is 0 Å². The fraction of sp³-hybridized carbons (Fsp3) is 0.182. The van der Waals surface area contributed by atoms with Gasteiger partial charge >= 0.3 is 5.97 Å². The Balaban J connectivity index is 2.58. The molecule has 0 heterocycles. The van der Waals surface area contributed by atoms with Gasteiger partial charge in [-0.1, -0.05) is 12.1 Å². The summed E-state index contributed by atoms with van der Waals surface area (Å²) in [6, 6.07) is 7.43. The van der Waals surface area contributed by atoms with Gasteiger partial charge in [-0.05, 0) is 40.6 Å². The highest BCUT2D eigenvalue weighted by atomic mass is 79.9. The fourth-order valence-electron chi connectivity index (χ4n) is 1.01. The van der Waals surface area contributed by atoms with Gasteiger partial charge in [0.2, 0.25) is 0 Å². The van der Waals surface area contributed by atoms with Crippen LogP contribution in [-0.4, -0.2) is 17.7 Å². The van der Waals surface area contributed by atoms with Gasteiger partial charge in [0.05, 0.1) is 4.47 Å². The Hall–Kier alpha value is -1.29. The molecule has 1 aromatic carbocycles. The highest BCUT2D eigenvalue weighted by Crippen LogP contribution is 2.23. The van der Waals surface area contributed by atoms with Crippen LogP contribution in [0.5, 0.6) is 5.75 Å². The van der Waals surface area contributed by atoms with Crippen molar-refractivity contribution in [2.45, 2.75) is 6.92 Å². The third-order valence-corrected chi connectivity index (χ3v) is 2.32. The van der Waals surface area contributed by atoms with E-state index in [1.165, 1.54) is 0 Å². The molecule has 0 saturated carbocycles. The predicted octanol–water partition coefficient (Wildman–Crippen LogP) is 2.86. The van der Waals surface area contributed by atoms with E-state index in [9.17, 15) is 4.79 Å². The zero-order valence-electron chi connectivity index (χ0n) is 8.24. The lowest BCUT2D eigenvalue weighted by molar-refractivity contribution is -0.131. The van der Waals surface area contributed by atoms with E-state index in [1.807, 2.05) is 24.3 Å². The molecule has 3 nitrogen and oxygen atoms in total. The van der Waals surface area contributed by atoms with Gasteiger partial charge < -0.3 is 9.84 Å². The molecule has 0 aliphatic carbocycles. The van der Waals surface area contributed by atoms with Crippen LogP contribution >= 0.6 is 15.9 Å².